The molecule has 0 fully saturated rings. The van der Waals surface area contributed by atoms with Crippen LogP contribution in [-0.4, -0.2) is 48.2 Å². The molecule has 0 saturated heterocycles. The normalized spacial score (nSPS) is 13.6. The first-order chi connectivity index (χ1) is 14.1. The van der Waals surface area contributed by atoms with Gasteiger partial charge in [-0.25, -0.2) is 4.98 Å². The zero-order valence-electron chi connectivity index (χ0n) is 17.8. The van der Waals surface area contributed by atoms with Gasteiger partial charge in [-0.3, -0.25) is 4.99 Å². The number of rotatable bonds is 4. The average Bonchev–Trinajstić information content (AvgIpc) is 3.08. The Morgan fingerprint density at radius 3 is 2.50 bits per heavy atom. The number of hydrogen-bond acceptors (Lipinski definition) is 4. The lowest BCUT2D eigenvalue weighted by Crippen LogP contribution is -2.44. The summed E-state index contributed by atoms with van der Waals surface area (Å²) in [5.41, 5.74) is 4.67. The minimum absolute atomic E-state index is 0. The molecule has 0 radical (unpaired) electrons. The van der Waals surface area contributed by atoms with Crippen molar-refractivity contribution >= 4 is 41.0 Å². The molecular weight excluding hydrogens is 493 g/mol. The van der Waals surface area contributed by atoms with Crippen LogP contribution in [0.1, 0.15) is 17.0 Å². The summed E-state index contributed by atoms with van der Waals surface area (Å²) in [5.74, 6) is 3.40. The van der Waals surface area contributed by atoms with E-state index in [-0.39, 0.29) is 24.0 Å². The SMILES string of the molecule is CN=C(NCc1nc2ccccc2n1C)N1CCc2cc(OC)c(OC)cc2C1.I. The molecule has 0 atom stereocenters. The summed E-state index contributed by atoms with van der Waals surface area (Å²) in [6.45, 7) is 2.29. The number of aromatic nitrogens is 2. The van der Waals surface area contributed by atoms with Gasteiger partial charge < -0.3 is 24.3 Å². The fraction of sp³-hybridized carbons (Fsp3) is 0.364. The van der Waals surface area contributed by atoms with E-state index < -0.39 is 0 Å². The molecule has 0 bridgehead atoms. The predicted octanol–water partition coefficient (Wildman–Crippen LogP) is 3.34. The molecule has 30 heavy (non-hydrogen) atoms. The van der Waals surface area contributed by atoms with Crippen molar-refractivity contribution in [1.29, 1.82) is 0 Å². The van der Waals surface area contributed by atoms with Crippen LogP contribution in [-0.2, 0) is 26.6 Å². The predicted molar refractivity (Wildman–Crippen MR) is 130 cm³/mol. The van der Waals surface area contributed by atoms with E-state index in [1.807, 2.05) is 32.3 Å². The topological polar surface area (TPSA) is 63.9 Å². The Balaban J connectivity index is 0.00000256. The van der Waals surface area contributed by atoms with Gasteiger partial charge in [-0.15, -0.1) is 24.0 Å². The number of benzene rings is 2. The fourth-order valence-electron chi connectivity index (χ4n) is 3.91. The van der Waals surface area contributed by atoms with E-state index in [0.717, 1.165) is 53.8 Å². The van der Waals surface area contributed by atoms with Crippen molar-refractivity contribution in [2.45, 2.75) is 19.5 Å². The molecule has 0 aliphatic carbocycles. The highest BCUT2D eigenvalue weighted by atomic mass is 127. The van der Waals surface area contributed by atoms with Crippen LogP contribution < -0.4 is 14.8 Å². The molecule has 0 saturated carbocycles. The number of aliphatic imine (C=N–C) groups is 1. The summed E-state index contributed by atoms with van der Waals surface area (Å²) in [6.07, 6.45) is 0.933. The second-order valence-electron chi connectivity index (χ2n) is 7.12. The lowest BCUT2D eigenvalue weighted by molar-refractivity contribution is 0.345. The van der Waals surface area contributed by atoms with E-state index in [0.29, 0.717) is 6.54 Å². The van der Waals surface area contributed by atoms with Crippen molar-refractivity contribution in [2.75, 3.05) is 27.8 Å². The second-order valence-corrected chi connectivity index (χ2v) is 7.12. The first-order valence-corrected chi connectivity index (χ1v) is 9.74. The van der Waals surface area contributed by atoms with Crippen molar-refractivity contribution in [3.05, 3.63) is 53.3 Å². The number of imidazole rings is 1. The fourth-order valence-corrected chi connectivity index (χ4v) is 3.91. The average molecular weight is 521 g/mol. The van der Waals surface area contributed by atoms with Crippen molar-refractivity contribution in [2.24, 2.45) is 12.0 Å². The molecule has 3 aromatic rings. The van der Waals surface area contributed by atoms with Crippen LogP contribution in [0.25, 0.3) is 11.0 Å². The van der Waals surface area contributed by atoms with Gasteiger partial charge in [0.05, 0.1) is 31.8 Å². The lowest BCUT2D eigenvalue weighted by Gasteiger charge is -2.32. The molecule has 0 amide bonds. The summed E-state index contributed by atoms with van der Waals surface area (Å²) in [6, 6.07) is 12.3. The molecule has 4 rings (SSSR count). The Morgan fingerprint density at radius 2 is 1.83 bits per heavy atom. The van der Waals surface area contributed by atoms with Gasteiger partial charge in [0.15, 0.2) is 17.5 Å². The molecule has 160 valence electrons. The number of nitrogens with zero attached hydrogens (tertiary/aromatic N) is 4. The van der Waals surface area contributed by atoms with Crippen LogP contribution in [0.15, 0.2) is 41.4 Å². The zero-order chi connectivity index (χ0) is 20.4. The van der Waals surface area contributed by atoms with Gasteiger partial charge in [0.25, 0.3) is 0 Å². The number of guanidine groups is 1. The largest absolute Gasteiger partial charge is 0.493 e. The van der Waals surface area contributed by atoms with Crippen LogP contribution in [0.4, 0.5) is 0 Å². The maximum Gasteiger partial charge on any atom is 0.194 e. The first-order valence-electron chi connectivity index (χ1n) is 9.74. The standard InChI is InChI=1S/C22H27N5O2.HI/c1-23-22(24-13-21-25-17-7-5-6-8-18(17)26(21)2)27-10-9-15-11-19(28-3)20(29-4)12-16(15)14-27;/h5-8,11-12H,9-10,13-14H2,1-4H3,(H,23,24);1H. The monoisotopic (exact) mass is 521 g/mol. The van der Waals surface area contributed by atoms with Crippen molar-refractivity contribution in [3.63, 3.8) is 0 Å². The summed E-state index contributed by atoms with van der Waals surface area (Å²) >= 11 is 0. The highest BCUT2D eigenvalue weighted by molar-refractivity contribution is 14.0. The molecule has 1 aliphatic rings. The smallest absolute Gasteiger partial charge is 0.194 e. The maximum absolute atomic E-state index is 5.47. The number of halogens is 1. The van der Waals surface area contributed by atoms with E-state index in [2.05, 4.69) is 38.0 Å². The third-order valence-corrected chi connectivity index (χ3v) is 5.51. The van der Waals surface area contributed by atoms with E-state index in [1.165, 1.54) is 11.1 Å². The summed E-state index contributed by atoms with van der Waals surface area (Å²) in [7, 11) is 7.21. The van der Waals surface area contributed by atoms with Gasteiger partial charge in [0, 0.05) is 27.2 Å². The Hall–Kier alpha value is -2.49. The number of nitrogens with one attached hydrogen (secondary N) is 1. The van der Waals surface area contributed by atoms with Crippen LogP contribution >= 0.6 is 24.0 Å². The molecule has 1 aliphatic heterocycles. The maximum atomic E-state index is 5.47. The Morgan fingerprint density at radius 1 is 1.13 bits per heavy atom. The van der Waals surface area contributed by atoms with Gasteiger partial charge >= 0.3 is 0 Å². The van der Waals surface area contributed by atoms with E-state index in [1.54, 1.807) is 14.2 Å². The van der Waals surface area contributed by atoms with E-state index in [4.69, 9.17) is 14.5 Å². The Bertz CT molecular complexity index is 1060. The molecule has 8 heteroatoms. The minimum Gasteiger partial charge on any atom is -0.493 e. The number of methoxy groups -OCH3 is 2. The van der Waals surface area contributed by atoms with Gasteiger partial charge in [-0.05, 0) is 41.8 Å². The highest BCUT2D eigenvalue weighted by Gasteiger charge is 2.22. The quantitative estimate of drug-likeness (QED) is 0.324. The summed E-state index contributed by atoms with van der Waals surface area (Å²) in [4.78, 5) is 11.5. The number of ether oxygens (including phenoxy) is 2. The van der Waals surface area contributed by atoms with Crippen LogP contribution in [0.5, 0.6) is 11.5 Å². The van der Waals surface area contributed by atoms with Gasteiger partial charge in [0.1, 0.15) is 5.82 Å². The second kappa shape index (κ2) is 9.55. The molecule has 2 aromatic carbocycles. The van der Waals surface area contributed by atoms with Crippen molar-refractivity contribution < 1.29 is 9.47 Å². The third-order valence-electron chi connectivity index (χ3n) is 5.51. The Labute approximate surface area is 194 Å². The van der Waals surface area contributed by atoms with E-state index >= 15 is 0 Å². The van der Waals surface area contributed by atoms with Crippen LogP contribution in [0, 0.1) is 0 Å². The minimum atomic E-state index is 0. The molecule has 2 heterocycles. The lowest BCUT2D eigenvalue weighted by atomic mass is 9.99. The van der Waals surface area contributed by atoms with Crippen molar-refractivity contribution in [1.82, 2.24) is 19.8 Å². The van der Waals surface area contributed by atoms with Crippen molar-refractivity contribution in [3.8, 4) is 11.5 Å². The molecule has 1 aromatic heterocycles. The summed E-state index contributed by atoms with van der Waals surface area (Å²) in [5, 5.41) is 3.48. The molecule has 7 nitrogen and oxygen atoms in total. The highest BCUT2D eigenvalue weighted by Crippen LogP contribution is 2.33. The number of fused-ring (bicyclic) bond motifs is 2. The number of aryl methyl sites for hydroxylation is 1. The molecule has 0 spiro atoms. The van der Waals surface area contributed by atoms with Gasteiger partial charge in [-0.2, -0.15) is 0 Å². The molecule has 1 N–H and O–H groups in total. The van der Waals surface area contributed by atoms with E-state index in [9.17, 15) is 0 Å². The zero-order valence-corrected chi connectivity index (χ0v) is 20.1. The van der Waals surface area contributed by atoms with Gasteiger partial charge in [-0.1, -0.05) is 12.1 Å². The van der Waals surface area contributed by atoms with Crippen LogP contribution in [0.3, 0.4) is 0 Å². The number of para-hydroxylation sites is 2. The Kier molecular flexibility index (Phi) is 7.06. The number of hydrogen-bond donors (Lipinski definition) is 1. The first kappa shape index (κ1) is 22.2. The molecular formula is C22H28IN5O2. The summed E-state index contributed by atoms with van der Waals surface area (Å²) < 4.78 is 13.0. The third kappa shape index (κ3) is 4.19. The molecule has 0 unspecified atom stereocenters. The van der Waals surface area contributed by atoms with Gasteiger partial charge in [0.2, 0.25) is 0 Å². The van der Waals surface area contributed by atoms with Crippen LogP contribution in [0.2, 0.25) is 0 Å².